The molecule has 0 saturated carbocycles. The smallest absolute Gasteiger partial charge is 0.251 e. The lowest BCUT2D eigenvalue weighted by atomic mass is 10.1. The maximum absolute atomic E-state index is 12.5. The Morgan fingerprint density at radius 2 is 1.96 bits per heavy atom. The SMILES string of the molecule is CCOc1cc2c(cc1CNC(=O)c1ccc(S(=O)(=O)NC)cc1)O[C@@H](C)C2. The van der Waals surface area contributed by atoms with Crippen LogP contribution in [-0.2, 0) is 23.0 Å². The summed E-state index contributed by atoms with van der Waals surface area (Å²) in [6, 6.07) is 9.65. The summed E-state index contributed by atoms with van der Waals surface area (Å²) >= 11 is 0. The molecule has 3 rings (SSSR count). The summed E-state index contributed by atoms with van der Waals surface area (Å²) in [6.07, 6.45) is 0.964. The number of hydrogen-bond acceptors (Lipinski definition) is 5. The van der Waals surface area contributed by atoms with Crippen molar-refractivity contribution in [2.45, 2.75) is 37.8 Å². The highest BCUT2D eigenvalue weighted by molar-refractivity contribution is 7.89. The van der Waals surface area contributed by atoms with Gasteiger partial charge in [-0.15, -0.1) is 0 Å². The minimum Gasteiger partial charge on any atom is -0.494 e. The van der Waals surface area contributed by atoms with Gasteiger partial charge in [-0.1, -0.05) is 0 Å². The number of rotatable bonds is 7. The molecule has 1 atom stereocenters. The largest absolute Gasteiger partial charge is 0.494 e. The highest BCUT2D eigenvalue weighted by Gasteiger charge is 2.22. The van der Waals surface area contributed by atoms with Gasteiger partial charge in [-0.2, -0.15) is 0 Å². The molecule has 2 aromatic carbocycles. The number of amides is 1. The number of carbonyl (C=O) groups is 1. The average molecular weight is 404 g/mol. The fraction of sp³-hybridized carbons (Fsp3) is 0.350. The van der Waals surface area contributed by atoms with E-state index in [1.807, 2.05) is 26.0 Å². The van der Waals surface area contributed by atoms with Crippen molar-refractivity contribution in [3.63, 3.8) is 0 Å². The third-order valence-corrected chi connectivity index (χ3v) is 5.94. The Morgan fingerprint density at radius 3 is 2.61 bits per heavy atom. The van der Waals surface area contributed by atoms with Crippen LogP contribution in [-0.4, -0.2) is 34.1 Å². The molecule has 0 fully saturated rings. The summed E-state index contributed by atoms with van der Waals surface area (Å²) in [5.74, 6) is 1.25. The molecule has 0 saturated heterocycles. The van der Waals surface area contributed by atoms with Crippen molar-refractivity contribution in [3.05, 3.63) is 53.1 Å². The van der Waals surface area contributed by atoms with Crippen LogP contribution in [0.25, 0.3) is 0 Å². The second-order valence-electron chi connectivity index (χ2n) is 6.55. The van der Waals surface area contributed by atoms with Gasteiger partial charge in [0.25, 0.3) is 5.91 Å². The average Bonchev–Trinajstić information content (AvgIpc) is 3.05. The summed E-state index contributed by atoms with van der Waals surface area (Å²) in [6.45, 7) is 4.72. The van der Waals surface area contributed by atoms with Gasteiger partial charge in [0.15, 0.2) is 0 Å². The number of sulfonamides is 1. The van der Waals surface area contributed by atoms with Gasteiger partial charge in [-0.05, 0) is 57.3 Å². The molecular formula is C20H24N2O5S. The molecular weight excluding hydrogens is 380 g/mol. The summed E-state index contributed by atoms with van der Waals surface area (Å²) in [5.41, 5.74) is 2.31. The lowest BCUT2D eigenvalue weighted by molar-refractivity contribution is 0.0950. The minimum atomic E-state index is -3.53. The van der Waals surface area contributed by atoms with Crippen LogP contribution in [0.1, 0.15) is 35.3 Å². The first kappa shape index (κ1) is 20.2. The molecule has 1 heterocycles. The molecule has 7 nitrogen and oxygen atoms in total. The van der Waals surface area contributed by atoms with E-state index in [0.717, 1.165) is 29.0 Å². The standard InChI is InChI=1S/C20H24N2O5S/c1-4-26-18-10-15-9-13(2)27-19(15)11-16(18)12-22-20(23)14-5-7-17(8-6-14)28(24,25)21-3/h5-8,10-11,13,21H,4,9,12H2,1-3H3,(H,22,23)/t13-/m0/s1. The predicted molar refractivity (Wildman–Crippen MR) is 105 cm³/mol. The number of carbonyl (C=O) groups excluding carboxylic acids is 1. The molecule has 1 aliphatic heterocycles. The Morgan fingerprint density at radius 1 is 1.25 bits per heavy atom. The van der Waals surface area contributed by atoms with Crippen molar-refractivity contribution < 1.29 is 22.7 Å². The number of benzene rings is 2. The van der Waals surface area contributed by atoms with Gasteiger partial charge in [0, 0.05) is 29.7 Å². The molecule has 0 spiro atoms. The van der Waals surface area contributed by atoms with E-state index in [-0.39, 0.29) is 23.5 Å². The second-order valence-corrected chi connectivity index (χ2v) is 8.43. The Balaban J connectivity index is 1.73. The van der Waals surface area contributed by atoms with Gasteiger partial charge in [-0.25, -0.2) is 13.1 Å². The third kappa shape index (κ3) is 4.28. The van der Waals surface area contributed by atoms with Gasteiger partial charge in [0.05, 0.1) is 11.5 Å². The van der Waals surface area contributed by atoms with E-state index < -0.39 is 10.0 Å². The maximum Gasteiger partial charge on any atom is 0.251 e. The molecule has 1 amide bonds. The highest BCUT2D eigenvalue weighted by atomic mass is 32.2. The van der Waals surface area contributed by atoms with Crippen LogP contribution in [0, 0.1) is 0 Å². The summed E-state index contributed by atoms with van der Waals surface area (Å²) in [5, 5.41) is 2.85. The van der Waals surface area contributed by atoms with E-state index >= 15 is 0 Å². The zero-order chi connectivity index (χ0) is 20.3. The Bertz CT molecular complexity index is 971. The van der Waals surface area contributed by atoms with Crippen molar-refractivity contribution in [3.8, 4) is 11.5 Å². The van der Waals surface area contributed by atoms with E-state index in [9.17, 15) is 13.2 Å². The van der Waals surface area contributed by atoms with Gasteiger partial charge in [0.2, 0.25) is 10.0 Å². The van der Waals surface area contributed by atoms with Gasteiger partial charge >= 0.3 is 0 Å². The monoisotopic (exact) mass is 404 g/mol. The van der Waals surface area contributed by atoms with Crippen molar-refractivity contribution in [2.75, 3.05) is 13.7 Å². The Labute approximate surface area is 165 Å². The number of nitrogens with one attached hydrogen (secondary N) is 2. The third-order valence-electron chi connectivity index (χ3n) is 4.51. The topological polar surface area (TPSA) is 93.7 Å². The predicted octanol–water partition coefficient (Wildman–Crippen LogP) is 2.25. The van der Waals surface area contributed by atoms with Gasteiger partial charge in [0.1, 0.15) is 17.6 Å². The fourth-order valence-corrected chi connectivity index (χ4v) is 3.82. The van der Waals surface area contributed by atoms with E-state index in [0.29, 0.717) is 12.2 Å². The number of ether oxygens (including phenoxy) is 2. The molecule has 0 aromatic heterocycles. The summed E-state index contributed by atoms with van der Waals surface area (Å²) in [7, 11) is -2.19. The summed E-state index contributed by atoms with van der Waals surface area (Å²) in [4.78, 5) is 12.6. The molecule has 8 heteroatoms. The maximum atomic E-state index is 12.5. The lowest BCUT2D eigenvalue weighted by Crippen LogP contribution is -2.23. The normalized spacial score (nSPS) is 15.6. The van der Waals surface area contributed by atoms with Crippen LogP contribution in [0.5, 0.6) is 11.5 Å². The molecule has 2 N–H and O–H groups in total. The fourth-order valence-electron chi connectivity index (χ4n) is 3.09. The zero-order valence-corrected chi connectivity index (χ0v) is 16.9. The first-order chi connectivity index (χ1) is 13.3. The van der Waals surface area contributed by atoms with Crippen molar-refractivity contribution >= 4 is 15.9 Å². The lowest BCUT2D eigenvalue weighted by Gasteiger charge is -2.13. The van der Waals surface area contributed by atoms with E-state index in [2.05, 4.69) is 10.0 Å². The zero-order valence-electron chi connectivity index (χ0n) is 16.1. The number of hydrogen-bond donors (Lipinski definition) is 2. The van der Waals surface area contributed by atoms with E-state index in [4.69, 9.17) is 9.47 Å². The van der Waals surface area contributed by atoms with Crippen molar-refractivity contribution in [1.82, 2.24) is 10.0 Å². The minimum absolute atomic E-state index is 0.107. The molecule has 0 bridgehead atoms. The Hall–Kier alpha value is -2.58. The molecule has 0 unspecified atom stereocenters. The Kier molecular flexibility index (Phi) is 5.90. The van der Waals surface area contributed by atoms with E-state index in [1.165, 1.54) is 31.3 Å². The van der Waals surface area contributed by atoms with Gasteiger partial charge in [-0.3, -0.25) is 4.79 Å². The molecule has 2 aromatic rings. The van der Waals surface area contributed by atoms with Crippen LogP contribution < -0.4 is 19.5 Å². The molecule has 0 radical (unpaired) electrons. The van der Waals surface area contributed by atoms with Crippen molar-refractivity contribution in [2.24, 2.45) is 0 Å². The van der Waals surface area contributed by atoms with Gasteiger partial charge < -0.3 is 14.8 Å². The molecule has 0 aliphatic carbocycles. The first-order valence-corrected chi connectivity index (χ1v) is 10.6. The quantitative estimate of drug-likeness (QED) is 0.738. The van der Waals surface area contributed by atoms with Crippen molar-refractivity contribution in [1.29, 1.82) is 0 Å². The summed E-state index contributed by atoms with van der Waals surface area (Å²) < 4.78 is 37.3. The first-order valence-electron chi connectivity index (χ1n) is 9.11. The molecule has 150 valence electrons. The van der Waals surface area contributed by atoms with Crippen LogP contribution >= 0.6 is 0 Å². The van der Waals surface area contributed by atoms with Crippen LogP contribution in [0.15, 0.2) is 41.3 Å². The molecule has 1 aliphatic rings. The van der Waals surface area contributed by atoms with Crippen LogP contribution in [0.2, 0.25) is 0 Å². The number of fused-ring (bicyclic) bond motifs is 1. The van der Waals surface area contributed by atoms with E-state index in [1.54, 1.807) is 0 Å². The molecule has 28 heavy (non-hydrogen) atoms. The highest BCUT2D eigenvalue weighted by Crippen LogP contribution is 2.35. The van der Waals surface area contributed by atoms with Crippen LogP contribution in [0.3, 0.4) is 0 Å². The second kappa shape index (κ2) is 8.20. The van der Waals surface area contributed by atoms with Crippen LogP contribution in [0.4, 0.5) is 0 Å².